The SMILES string of the molecule is CSc1cncc(Cl)c1C(F)c1ccc(OC(F)(F)F)c(F)c1. The molecule has 0 saturated carbocycles. The number of hydrogen-bond acceptors (Lipinski definition) is 3. The molecule has 1 heterocycles. The molecule has 0 aliphatic heterocycles. The van der Waals surface area contributed by atoms with Crippen molar-refractivity contribution in [3.8, 4) is 5.75 Å². The molecule has 2 aromatic rings. The summed E-state index contributed by atoms with van der Waals surface area (Å²) in [7, 11) is 0. The number of alkyl halides is 4. The maximum Gasteiger partial charge on any atom is 0.573 e. The molecule has 0 radical (unpaired) electrons. The van der Waals surface area contributed by atoms with Crippen molar-refractivity contribution in [2.75, 3.05) is 6.26 Å². The van der Waals surface area contributed by atoms with E-state index in [1.165, 1.54) is 24.2 Å². The fourth-order valence-corrected chi connectivity index (χ4v) is 2.79. The third-order valence-corrected chi connectivity index (χ3v) is 3.92. The Labute approximate surface area is 137 Å². The predicted octanol–water partition coefficient (Wildman–Crippen LogP) is 5.55. The number of ether oxygens (including phenoxy) is 1. The van der Waals surface area contributed by atoms with Crippen LogP contribution in [0.5, 0.6) is 5.75 Å². The first-order valence-electron chi connectivity index (χ1n) is 6.09. The number of thioether (sulfide) groups is 1. The van der Waals surface area contributed by atoms with Gasteiger partial charge in [0.2, 0.25) is 0 Å². The lowest BCUT2D eigenvalue weighted by atomic mass is 10.0. The van der Waals surface area contributed by atoms with Gasteiger partial charge in [0, 0.05) is 22.9 Å². The molecule has 0 spiro atoms. The van der Waals surface area contributed by atoms with Crippen molar-refractivity contribution in [3.05, 3.63) is 52.6 Å². The van der Waals surface area contributed by atoms with Crippen LogP contribution in [0.1, 0.15) is 17.3 Å². The van der Waals surface area contributed by atoms with Crippen molar-refractivity contribution in [1.82, 2.24) is 4.98 Å². The first kappa shape index (κ1) is 17.8. The van der Waals surface area contributed by atoms with Crippen LogP contribution in [0.15, 0.2) is 35.5 Å². The molecule has 0 bridgehead atoms. The van der Waals surface area contributed by atoms with Crippen molar-refractivity contribution in [2.45, 2.75) is 17.4 Å². The number of aromatic nitrogens is 1. The molecule has 0 fully saturated rings. The average Bonchev–Trinajstić information content (AvgIpc) is 2.47. The highest BCUT2D eigenvalue weighted by molar-refractivity contribution is 7.98. The van der Waals surface area contributed by atoms with Gasteiger partial charge >= 0.3 is 6.36 Å². The van der Waals surface area contributed by atoms with E-state index in [9.17, 15) is 22.0 Å². The topological polar surface area (TPSA) is 22.1 Å². The Kier molecular flexibility index (Phi) is 5.36. The molecular weight excluding hydrogens is 361 g/mol. The zero-order chi connectivity index (χ0) is 17.2. The molecule has 0 aliphatic rings. The molecule has 1 unspecified atom stereocenters. The van der Waals surface area contributed by atoms with Gasteiger partial charge in [-0.1, -0.05) is 17.7 Å². The maximum atomic E-state index is 14.7. The van der Waals surface area contributed by atoms with E-state index in [-0.39, 0.29) is 16.1 Å². The third-order valence-electron chi connectivity index (χ3n) is 2.85. The summed E-state index contributed by atoms with van der Waals surface area (Å²) in [6.07, 6.45) is -2.53. The van der Waals surface area contributed by atoms with Crippen LogP contribution in [0, 0.1) is 5.82 Å². The lowest BCUT2D eigenvalue weighted by Crippen LogP contribution is -2.18. The third kappa shape index (κ3) is 4.26. The molecule has 2 rings (SSSR count). The van der Waals surface area contributed by atoms with Gasteiger partial charge in [-0.05, 0) is 24.0 Å². The molecule has 0 saturated heterocycles. The minimum Gasteiger partial charge on any atom is -0.403 e. The number of hydrogen-bond donors (Lipinski definition) is 0. The molecule has 9 heteroatoms. The van der Waals surface area contributed by atoms with E-state index in [0.717, 1.165) is 12.1 Å². The average molecular weight is 370 g/mol. The Morgan fingerprint density at radius 1 is 1.26 bits per heavy atom. The first-order chi connectivity index (χ1) is 10.7. The van der Waals surface area contributed by atoms with Crippen LogP contribution in [-0.2, 0) is 0 Å². The lowest BCUT2D eigenvalue weighted by Gasteiger charge is -2.15. The van der Waals surface area contributed by atoms with Crippen molar-refractivity contribution in [3.63, 3.8) is 0 Å². The Morgan fingerprint density at radius 3 is 2.52 bits per heavy atom. The highest BCUT2D eigenvalue weighted by Crippen LogP contribution is 2.38. The lowest BCUT2D eigenvalue weighted by molar-refractivity contribution is -0.275. The van der Waals surface area contributed by atoms with E-state index in [1.807, 2.05) is 0 Å². The van der Waals surface area contributed by atoms with Crippen molar-refractivity contribution in [1.29, 1.82) is 0 Å². The van der Waals surface area contributed by atoms with Crippen LogP contribution >= 0.6 is 23.4 Å². The summed E-state index contributed by atoms with van der Waals surface area (Å²) < 4.78 is 68.2. The van der Waals surface area contributed by atoms with Gasteiger partial charge in [-0.15, -0.1) is 24.9 Å². The number of halogens is 6. The fourth-order valence-electron chi connectivity index (χ4n) is 1.88. The van der Waals surface area contributed by atoms with E-state index in [4.69, 9.17) is 11.6 Å². The molecule has 0 amide bonds. The van der Waals surface area contributed by atoms with Crippen LogP contribution in [0.3, 0.4) is 0 Å². The minimum atomic E-state index is -5.03. The highest BCUT2D eigenvalue weighted by atomic mass is 35.5. The fraction of sp³-hybridized carbons (Fsp3) is 0.214. The van der Waals surface area contributed by atoms with Crippen molar-refractivity contribution in [2.24, 2.45) is 0 Å². The Hall–Kier alpha value is -1.54. The van der Waals surface area contributed by atoms with Gasteiger partial charge in [0.25, 0.3) is 0 Å². The number of nitrogens with zero attached hydrogens (tertiary/aromatic N) is 1. The summed E-state index contributed by atoms with van der Waals surface area (Å²) in [6, 6.07) is 2.38. The zero-order valence-electron chi connectivity index (χ0n) is 11.5. The number of benzene rings is 1. The second-order valence-corrected chi connectivity index (χ2v) is 5.59. The second kappa shape index (κ2) is 6.92. The minimum absolute atomic E-state index is 0.0420. The van der Waals surface area contributed by atoms with Crippen LogP contribution in [0.4, 0.5) is 22.0 Å². The number of pyridine rings is 1. The van der Waals surface area contributed by atoms with Gasteiger partial charge in [-0.2, -0.15) is 0 Å². The molecule has 0 aliphatic carbocycles. The predicted molar refractivity (Wildman–Crippen MR) is 77.1 cm³/mol. The Bertz CT molecular complexity index is 710. The molecule has 0 N–H and O–H groups in total. The standard InChI is InChI=1S/C14H9ClF5NOS/c1-23-11-6-21-5-8(15)12(11)13(17)7-2-3-10(9(16)4-7)22-14(18,19)20/h2-6,13H,1H3. The highest BCUT2D eigenvalue weighted by Gasteiger charge is 2.32. The van der Waals surface area contributed by atoms with Crippen LogP contribution in [0.2, 0.25) is 5.02 Å². The van der Waals surface area contributed by atoms with Gasteiger partial charge in [0.05, 0.1) is 5.02 Å². The summed E-state index contributed by atoms with van der Waals surface area (Å²) in [5.74, 6) is -2.35. The van der Waals surface area contributed by atoms with E-state index >= 15 is 0 Å². The van der Waals surface area contributed by atoms with Crippen LogP contribution in [-0.4, -0.2) is 17.6 Å². The molecule has 2 nitrogen and oxygen atoms in total. The van der Waals surface area contributed by atoms with Crippen LogP contribution in [0.25, 0.3) is 0 Å². The maximum absolute atomic E-state index is 14.7. The van der Waals surface area contributed by atoms with Gasteiger partial charge < -0.3 is 4.74 Å². The monoisotopic (exact) mass is 369 g/mol. The Balaban J connectivity index is 2.38. The van der Waals surface area contributed by atoms with Crippen LogP contribution < -0.4 is 4.74 Å². The summed E-state index contributed by atoms with van der Waals surface area (Å²) in [5.41, 5.74) is -0.0986. The zero-order valence-corrected chi connectivity index (χ0v) is 13.1. The Morgan fingerprint density at radius 2 is 1.96 bits per heavy atom. The number of rotatable bonds is 4. The molecule has 1 aromatic heterocycles. The van der Waals surface area contributed by atoms with Gasteiger partial charge in [0.1, 0.15) is 0 Å². The first-order valence-corrected chi connectivity index (χ1v) is 7.70. The van der Waals surface area contributed by atoms with Crippen molar-refractivity contribution < 1.29 is 26.7 Å². The van der Waals surface area contributed by atoms with E-state index in [0.29, 0.717) is 11.0 Å². The van der Waals surface area contributed by atoms with Gasteiger partial charge in [-0.25, -0.2) is 8.78 Å². The molecule has 23 heavy (non-hydrogen) atoms. The van der Waals surface area contributed by atoms with E-state index in [2.05, 4.69) is 9.72 Å². The van der Waals surface area contributed by atoms with E-state index < -0.39 is 24.1 Å². The smallest absolute Gasteiger partial charge is 0.403 e. The molecule has 1 atom stereocenters. The normalized spacial score (nSPS) is 13.0. The van der Waals surface area contributed by atoms with E-state index in [1.54, 1.807) is 6.26 Å². The quantitative estimate of drug-likeness (QED) is 0.521. The summed E-state index contributed by atoms with van der Waals surface area (Å²) >= 11 is 7.12. The molecule has 1 aromatic carbocycles. The van der Waals surface area contributed by atoms with Crippen molar-refractivity contribution >= 4 is 23.4 Å². The second-order valence-electron chi connectivity index (χ2n) is 4.34. The summed E-state index contributed by atoms with van der Waals surface area (Å²) in [5, 5.41) is 0.0420. The summed E-state index contributed by atoms with van der Waals surface area (Å²) in [4.78, 5) is 4.27. The molecular formula is C14H9ClF5NOS. The van der Waals surface area contributed by atoms with Gasteiger partial charge in [-0.3, -0.25) is 4.98 Å². The van der Waals surface area contributed by atoms with Gasteiger partial charge in [0.15, 0.2) is 17.7 Å². The summed E-state index contributed by atoms with van der Waals surface area (Å²) in [6.45, 7) is 0. The molecule has 124 valence electrons. The largest absolute Gasteiger partial charge is 0.573 e.